The Labute approximate surface area is 110 Å². The molecule has 0 aliphatic carbocycles. The van der Waals surface area contributed by atoms with Crippen molar-refractivity contribution in [1.82, 2.24) is 9.88 Å². The Morgan fingerprint density at radius 3 is 3.06 bits per heavy atom. The lowest BCUT2D eigenvalue weighted by Gasteiger charge is -2.22. The first-order valence-corrected chi connectivity index (χ1v) is 6.71. The summed E-state index contributed by atoms with van der Waals surface area (Å²) in [6.45, 7) is 4.44. The molecule has 1 aromatic heterocycles. The van der Waals surface area contributed by atoms with Gasteiger partial charge in [-0.3, -0.25) is 4.90 Å². The first kappa shape index (κ1) is 12.1. The highest BCUT2D eigenvalue weighted by Crippen LogP contribution is 2.26. The van der Waals surface area contributed by atoms with Gasteiger partial charge in [-0.15, -0.1) is 0 Å². The molecule has 1 saturated heterocycles. The van der Waals surface area contributed by atoms with Crippen LogP contribution in [0.1, 0.15) is 25.3 Å². The minimum absolute atomic E-state index is 0.681. The van der Waals surface area contributed by atoms with Gasteiger partial charge in [-0.25, -0.2) is 4.98 Å². The third-order valence-corrected chi connectivity index (χ3v) is 4.21. The van der Waals surface area contributed by atoms with Crippen molar-refractivity contribution in [1.29, 1.82) is 0 Å². The molecule has 16 heavy (non-hydrogen) atoms. The second-order valence-electron chi connectivity index (χ2n) is 4.24. The number of methoxy groups -OCH3 is 1. The van der Waals surface area contributed by atoms with Gasteiger partial charge < -0.3 is 4.74 Å². The van der Waals surface area contributed by atoms with Gasteiger partial charge in [0.2, 0.25) is 5.88 Å². The maximum atomic E-state index is 5.33. The number of hydrogen-bond acceptors (Lipinski definition) is 3. The molecular formula is C12H17IN2O. The minimum Gasteiger partial charge on any atom is -0.481 e. The Morgan fingerprint density at radius 1 is 1.62 bits per heavy atom. The number of ether oxygens (including phenoxy) is 1. The number of aromatic nitrogens is 1. The number of pyridine rings is 1. The van der Waals surface area contributed by atoms with E-state index < -0.39 is 0 Å². The molecule has 0 amide bonds. The molecule has 0 saturated carbocycles. The smallest absolute Gasteiger partial charge is 0.218 e. The van der Waals surface area contributed by atoms with Gasteiger partial charge in [-0.05, 0) is 55.0 Å². The van der Waals surface area contributed by atoms with E-state index in [2.05, 4.69) is 39.4 Å². The van der Waals surface area contributed by atoms with Crippen LogP contribution in [0.3, 0.4) is 0 Å². The van der Waals surface area contributed by atoms with E-state index in [1.165, 1.54) is 28.5 Å². The van der Waals surface area contributed by atoms with Crippen LogP contribution in [0, 0.1) is 3.57 Å². The van der Waals surface area contributed by atoms with E-state index in [9.17, 15) is 0 Å². The molecule has 1 aromatic rings. The fourth-order valence-corrected chi connectivity index (χ4v) is 2.76. The van der Waals surface area contributed by atoms with Crippen LogP contribution in [0.15, 0.2) is 12.3 Å². The topological polar surface area (TPSA) is 25.4 Å². The average Bonchev–Trinajstić information content (AvgIpc) is 2.67. The van der Waals surface area contributed by atoms with Gasteiger partial charge in [0, 0.05) is 27.9 Å². The summed E-state index contributed by atoms with van der Waals surface area (Å²) in [5, 5.41) is 0. The van der Waals surface area contributed by atoms with E-state index in [4.69, 9.17) is 4.74 Å². The van der Waals surface area contributed by atoms with Crippen molar-refractivity contribution in [2.75, 3.05) is 13.7 Å². The zero-order valence-electron chi connectivity index (χ0n) is 9.74. The average molecular weight is 332 g/mol. The van der Waals surface area contributed by atoms with E-state index in [1.807, 2.05) is 6.07 Å². The van der Waals surface area contributed by atoms with Crippen LogP contribution < -0.4 is 4.74 Å². The molecule has 0 bridgehead atoms. The lowest BCUT2D eigenvalue weighted by Crippen LogP contribution is -2.26. The third kappa shape index (κ3) is 2.48. The molecule has 4 heteroatoms. The van der Waals surface area contributed by atoms with Crippen molar-refractivity contribution in [3.63, 3.8) is 0 Å². The first-order chi connectivity index (χ1) is 7.72. The van der Waals surface area contributed by atoms with Crippen LogP contribution in [0.25, 0.3) is 0 Å². The van der Waals surface area contributed by atoms with Crippen LogP contribution in [0.4, 0.5) is 0 Å². The van der Waals surface area contributed by atoms with Crippen LogP contribution in [-0.4, -0.2) is 29.6 Å². The Morgan fingerprint density at radius 2 is 2.44 bits per heavy atom. The number of nitrogens with zero attached hydrogens (tertiary/aromatic N) is 2. The van der Waals surface area contributed by atoms with Gasteiger partial charge >= 0.3 is 0 Å². The van der Waals surface area contributed by atoms with Gasteiger partial charge in [0.15, 0.2) is 0 Å². The summed E-state index contributed by atoms with van der Waals surface area (Å²) in [6.07, 6.45) is 4.41. The molecule has 88 valence electrons. The quantitative estimate of drug-likeness (QED) is 0.796. The Bertz CT molecular complexity index is 370. The second-order valence-corrected chi connectivity index (χ2v) is 5.40. The fraction of sp³-hybridized carbons (Fsp3) is 0.583. The van der Waals surface area contributed by atoms with Crippen LogP contribution in [0.2, 0.25) is 0 Å². The predicted molar refractivity (Wildman–Crippen MR) is 72.6 cm³/mol. The van der Waals surface area contributed by atoms with Gasteiger partial charge in [0.25, 0.3) is 0 Å². The molecule has 1 aliphatic heterocycles. The summed E-state index contributed by atoms with van der Waals surface area (Å²) in [4.78, 5) is 6.77. The van der Waals surface area contributed by atoms with Gasteiger partial charge in [-0.1, -0.05) is 0 Å². The molecular weight excluding hydrogens is 315 g/mol. The zero-order chi connectivity index (χ0) is 11.5. The molecule has 1 atom stereocenters. The SMILES string of the molecule is COc1nccc(I)c1CN1CCC[C@@H]1C. The van der Waals surface area contributed by atoms with E-state index in [-0.39, 0.29) is 0 Å². The molecule has 0 unspecified atom stereocenters. The Kier molecular flexibility index (Phi) is 4.02. The zero-order valence-corrected chi connectivity index (χ0v) is 11.9. The van der Waals surface area contributed by atoms with Crippen LogP contribution in [0.5, 0.6) is 5.88 Å². The first-order valence-electron chi connectivity index (χ1n) is 5.63. The van der Waals surface area contributed by atoms with E-state index in [1.54, 1.807) is 13.3 Å². The summed E-state index contributed by atoms with van der Waals surface area (Å²) in [7, 11) is 1.69. The highest BCUT2D eigenvalue weighted by Gasteiger charge is 2.22. The molecule has 0 aromatic carbocycles. The van der Waals surface area contributed by atoms with Gasteiger partial charge in [-0.2, -0.15) is 0 Å². The molecule has 2 rings (SSSR count). The minimum atomic E-state index is 0.681. The van der Waals surface area contributed by atoms with E-state index in [0.717, 1.165) is 12.4 Å². The molecule has 1 fully saturated rings. The number of rotatable bonds is 3. The third-order valence-electron chi connectivity index (χ3n) is 3.20. The van der Waals surface area contributed by atoms with Crippen molar-refractivity contribution in [3.8, 4) is 5.88 Å². The fourth-order valence-electron chi connectivity index (χ4n) is 2.20. The van der Waals surface area contributed by atoms with E-state index in [0.29, 0.717) is 6.04 Å². The summed E-state index contributed by atoms with van der Waals surface area (Å²) in [5.74, 6) is 0.769. The highest BCUT2D eigenvalue weighted by molar-refractivity contribution is 14.1. The summed E-state index contributed by atoms with van der Waals surface area (Å²) in [6, 6.07) is 2.72. The molecule has 1 aliphatic rings. The normalized spacial score (nSPS) is 21.3. The van der Waals surface area contributed by atoms with Crippen molar-refractivity contribution in [3.05, 3.63) is 21.4 Å². The summed E-state index contributed by atoms with van der Waals surface area (Å²) < 4.78 is 6.57. The molecule has 0 radical (unpaired) electrons. The lowest BCUT2D eigenvalue weighted by molar-refractivity contribution is 0.254. The largest absolute Gasteiger partial charge is 0.481 e. The maximum absolute atomic E-state index is 5.33. The van der Waals surface area contributed by atoms with Crippen molar-refractivity contribution >= 4 is 22.6 Å². The maximum Gasteiger partial charge on any atom is 0.218 e. The Hall–Kier alpha value is -0.360. The standard InChI is InChI=1S/C12H17IN2O/c1-9-4-3-7-15(9)8-10-11(13)5-6-14-12(10)16-2/h5-6,9H,3-4,7-8H2,1-2H3/t9-/m0/s1. The molecule has 3 nitrogen and oxygen atoms in total. The van der Waals surface area contributed by atoms with Crippen molar-refractivity contribution in [2.24, 2.45) is 0 Å². The highest BCUT2D eigenvalue weighted by atomic mass is 127. The van der Waals surface area contributed by atoms with Crippen molar-refractivity contribution < 1.29 is 4.74 Å². The molecule has 0 spiro atoms. The monoisotopic (exact) mass is 332 g/mol. The number of hydrogen-bond donors (Lipinski definition) is 0. The predicted octanol–water partition coefficient (Wildman–Crippen LogP) is 2.68. The summed E-state index contributed by atoms with van der Waals surface area (Å²) >= 11 is 2.36. The van der Waals surface area contributed by atoms with Crippen LogP contribution in [-0.2, 0) is 6.54 Å². The molecule has 0 N–H and O–H groups in total. The summed E-state index contributed by atoms with van der Waals surface area (Å²) in [5.41, 5.74) is 1.22. The van der Waals surface area contributed by atoms with Gasteiger partial charge in [0.05, 0.1) is 7.11 Å². The second kappa shape index (κ2) is 5.31. The lowest BCUT2D eigenvalue weighted by atomic mass is 10.2. The number of likely N-dealkylation sites (tertiary alicyclic amines) is 1. The van der Waals surface area contributed by atoms with E-state index >= 15 is 0 Å². The van der Waals surface area contributed by atoms with Crippen LogP contribution >= 0.6 is 22.6 Å². The van der Waals surface area contributed by atoms with Crippen molar-refractivity contribution in [2.45, 2.75) is 32.4 Å². The Balaban J connectivity index is 2.19. The molecule has 2 heterocycles. The number of halogens is 1. The van der Waals surface area contributed by atoms with Gasteiger partial charge in [0.1, 0.15) is 0 Å².